The van der Waals surface area contributed by atoms with Gasteiger partial charge in [-0.25, -0.2) is 4.79 Å². The van der Waals surface area contributed by atoms with Gasteiger partial charge >= 0.3 is 12.0 Å². The Bertz CT molecular complexity index is 1430. The fourth-order valence-electron chi connectivity index (χ4n) is 6.35. The number of urea groups is 1. The van der Waals surface area contributed by atoms with E-state index in [2.05, 4.69) is 4.90 Å². The first-order valence-electron chi connectivity index (χ1n) is 13.9. The monoisotopic (exact) mass is 556 g/mol. The van der Waals surface area contributed by atoms with Crippen molar-refractivity contribution in [1.29, 1.82) is 0 Å². The Morgan fingerprint density at radius 1 is 0.854 bits per heavy atom. The second-order valence-electron chi connectivity index (χ2n) is 10.5. The number of imide groups is 1. The number of benzene rings is 2. The maximum atomic E-state index is 14.2. The molecule has 10 nitrogen and oxygen atoms in total. The van der Waals surface area contributed by atoms with E-state index in [0.29, 0.717) is 31.8 Å². The van der Waals surface area contributed by atoms with Gasteiger partial charge in [-0.3, -0.25) is 24.2 Å². The van der Waals surface area contributed by atoms with Gasteiger partial charge in [0.15, 0.2) is 11.3 Å². The minimum atomic E-state index is -1.32. The molecule has 0 bridgehead atoms. The number of piperazine rings is 1. The summed E-state index contributed by atoms with van der Waals surface area (Å²) in [5, 5.41) is 0. The van der Waals surface area contributed by atoms with Crippen molar-refractivity contribution in [2.45, 2.75) is 18.4 Å². The van der Waals surface area contributed by atoms with Crippen LogP contribution in [0.25, 0.3) is 11.1 Å². The summed E-state index contributed by atoms with van der Waals surface area (Å²) in [5.74, 6) is -0.810. The molecule has 0 N–H and O–H groups in total. The molecule has 6 rings (SSSR count). The quantitative estimate of drug-likeness (QED) is 0.239. The lowest BCUT2D eigenvalue weighted by Gasteiger charge is -2.35. The van der Waals surface area contributed by atoms with Crippen LogP contribution in [0.3, 0.4) is 0 Å². The van der Waals surface area contributed by atoms with E-state index in [1.54, 1.807) is 21.9 Å². The molecule has 0 atom stereocenters. The fraction of sp³-hybridized carbons (Fsp3) is 0.355. The van der Waals surface area contributed by atoms with Gasteiger partial charge in [-0.2, -0.15) is 0 Å². The highest BCUT2D eigenvalue weighted by atomic mass is 16.5. The van der Waals surface area contributed by atoms with E-state index < -0.39 is 30.0 Å². The zero-order valence-corrected chi connectivity index (χ0v) is 23.0. The van der Waals surface area contributed by atoms with Crippen LogP contribution in [0.15, 0.2) is 71.3 Å². The number of hydrogen-bond acceptors (Lipinski definition) is 7. The van der Waals surface area contributed by atoms with E-state index in [1.807, 2.05) is 48.5 Å². The van der Waals surface area contributed by atoms with E-state index in [9.17, 15) is 19.2 Å². The summed E-state index contributed by atoms with van der Waals surface area (Å²) < 4.78 is 10.1. The molecule has 2 aliphatic heterocycles. The van der Waals surface area contributed by atoms with E-state index in [-0.39, 0.29) is 5.91 Å². The summed E-state index contributed by atoms with van der Waals surface area (Å²) in [7, 11) is 1.24. The minimum Gasteiger partial charge on any atom is -0.468 e. The molecule has 2 aromatic carbocycles. The molecule has 0 radical (unpaired) electrons. The van der Waals surface area contributed by atoms with Gasteiger partial charge in [0.2, 0.25) is 0 Å². The number of nitrogens with zero attached hydrogens (tertiary/aromatic N) is 4. The highest BCUT2D eigenvalue weighted by Gasteiger charge is 2.63. The van der Waals surface area contributed by atoms with Crippen LogP contribution in [0.4, 0.5) is 4.79 Å². The van der Waals surface area contributed by atoms with Crippen molar-refractivity contribution in [3.8, 4) is 11.1 Å². The van der Waals surface area contributed by atoms with E-state index in [0.717, 1.165) is 53.2 Å². The van der Waals surface area contributed by atoms with Crippen LogP contribution in [-0.4, -0.2) is 96.3 Å². The van der Waals surface area contributed by atoms with E-state index in [4.69, 9.17) is 9.15 Å². The van der Waals surface area contributed by atoms with Crippen molar-refractivity contribution in [2.24, 2.45) is 0 Å². The number of carbonyl (C=O) groups excluding carboxylic acids is 4. The van der Waals surface area contributed by atoms with Crippen LogP contribution in [0.2, 0.25) is 0 Å². The SMILES string of the molecule is COC(=O)CN1C(=O)N(CCCCN2CCN(C(=O)c3ccco3)CC2)C2(C1=O)c1ccccc1-c1ccccc12. The highest BCUT2D eigenvalue weighted by molar-refractivity contribution is 6.14. The largest absolute Gasteiger partial charge is 0.468 e. The first-order chi connectivity index (χ1) is 20.0. The van der Waals surface area contributed by atoms with Crippen LogP contribution < -0.4 is 0 Å². The second kappa shape index (κ2) is 10.9. The van der Waals surface area contributed by atoms with Gasteiger partial charge in [0, 0.05) is 32.7 Å². The molecular weight excluding hydrogens is 524 g/mol. The summed E-state index contributed by atoms with van der Waals surface area (Å²) in [5.41, 5.74) is 2.01. The number of methoxy groups -OCH3 is 1. The first kappa shape index (κ1) is 26.8. The number of esters is 1. The summed E-state index contributed by atoms with van der Waals surface area (Å²) in [6.45, 7) is 3.48. The van der Waals surface area contributed by atoms with Crippen molar-refractivity contribution in [3.63, 3.8) is 0 Å². The molecule has 4 amide bonds. The van der Waals surface area contributed by atoms with Crippen molar-refractivity contribution in [1.82, 2.24) is 19.6 Å². The number of carbonyl (C=O) groups is 4. The number of unbranched alkanes of at least 4 members (excludes halogenated alkanes) is 1. The summed E-state index contributed by atoms with van der Waals surface area (Å²) in [4.78, 5) is 59.5. The summed E-state index contributed by atoms with van der Waals surface area (Å²) >= 11 is 0. The van der Waals surface area contributed by atoms with E-state index in [1.165, 1.54) is 13.4 Å². The van der Waals surface area contributed by atoms with Crippen LogP contribution in [-0.2, 0) is 19.9 Å². The third-order valence-electron chi connectivity index (χ3n) is 8.36. The molecular formula is C31H32N4O6. The first-order valence-corrected chi connectivity index (χ1v) is 13.9. The number of ether oxygens (including phenoxy) is 1. The van der Waals surface area contributed by atoms with Gasteiger partial charge in [0.25, 0.3) is 11.8 Å². The average Bonchev–Trinajstić information content (AvgIpc) is 3.70. The zero-order chi connectivity index (χ0) is 28.6. The van der Waals surface area contributed by atoms with Crippen LogP contribution in [0.5, 0.6) is 0 Å². The van der Waals surface area contributed by atoms with Gasteiger partial charge in [-0.05, 0) is 53.8 Å². The molecule has 2 fully saturated rings. The third kappa shape index (κ3) is 4.39. The molecule has 1 aliphatic carbocycles. The van der Waals surface area contributed by atoms with Crippen molar-refractivity contribution in [3.05, 3.63) is 83.8 Å². The Morgan fingerprint density at radius 2 is 1.49 bits per heavy atom. The van der Waals surface area contributed by atoms with Gasteiger partial charge in [0.1, 0.15) is 6.54 Å². The van der Waals surface area contributed by atoms with Gasteiger partial charge in [0.05, 0.1) is 13.4 Å². The number of rotatable bonds is 8. The Balaban J connectivity index is 1.18. The lowest BCUT2D eigenvalue weighted by molar-refractivity contribution is -0.145. The predicted octanol–water partition coefficient (Wildman–Crippen LogP) is 3.18. The molecule has 212 valence electrons. The van der Waals surface area contributed by atoms with Gasteiger partial charge in [-0.15, -0.1) is 0 Å². The topological polar surface area (TPSA) is 104 Å². The van der Waals surface area contributed by atoms with Crippen molar-refractivity contribution >= 4 is 23.8 Å². The smallest absolute Gasteiger partial charge is 0.328 e. The maximum Gasteiger partial charge on any atom is 0.328 e. The van der Waals surface area contributed by atoms with Crippen molar-refractivity contribution in [2.75, 3.05) is 52.9 Å². The Morgan fingerprint density at radius 3 is 2.10 bits per heavy atom. The number of hydrogen-bond donors (Lipinski definition) is 0. The maximum absolute atomic E-state index is 14.2. The number of amides is 4. The highest BCUT2D eigenvalue weighted by Crippen LogP contribution is 2.54. The lowest BCUT2D eigenvalue weighted by atomic mass is 9.85. The number of furan rings is 1. The zero-order valence-electron chi connectivity index (χ0n) is 23.0. The standard InChI is InChI=1S/C31H32N4O6/c1-40-27(36)21-34-29(38)31(24-11-4-2-9-22(24)23-10-3-5-12-25(23)31)35(30(34)39)15-7-6-14-32-16-18-33(19-17-32)28(37)26-13-8-20-41-26/h2-5,8-13,20H,6-7,14-19,21H2,1H3. The van der Waals surface area contributed by atoms with Crippen LogP contribution in [0, 0.1) is 0 Å². The van der Waals surface area contributed by atoms with Crippen LogP contribution in [0.1, 0.15) is 34.5 Å². The molecule has 10 heteroatoms. The normalized spacial score (nSPS) is 17.7. The average molecular weight is 557 g/mol. The minimum absolute atomic E-state index is 0.0919. The van der Waals surface area contributed by atoms with Crippen LogP contribution >= 0.6 is 0 Å². The molecule has 0 saturated carbocycles. The molecule has 1 aromatic heterocycles. The lowest BCUT2D eigenvalue weighted by Crippen LogP contribution is -2.49. The summed E-state index contributed by atoms with van der Waals surface area (Å²) in [6, 6.07) is 18.2. The van der Waals surface area contributed by atoms with E-state index >= 15 is 0 Å². The molecule has 3 aliphatic rings. The Hall–Kier alpha value is -4.44. The van der Waals surface area contributed by atoms with Crippen molar-refractivity contribution < 1.29 is 28.3 Å². The Kier molecular flexibility index (Phi) is 7.08. The molecule has 0 unspecified atom stereocenters. The molecule has 41 heavy (non-hydrogen) atoms. The fourth-order valence-corrected chi connectivity index (χ4v) is 6.35. The van der Waals surface area contributed by atoms with Gasteiger partial charge in [-0.1, -0.05) is 48.5 Å². The summed E-state index contributed by atoms with van der Waals surface area (Å²) in [6.07, 6.45) is 2.98. The number of fused-ring (bicyclic) bond motifs is 5. The third-order valence-corrected chi connectivity index (χ3v) is 8.36. The second-order valence-corrected chi connectivity index (χ2v) is 10.5. The van der Waals surface area contributed by atoms with Gasteiger partial charge < -0.3 is 19.0 Å². The Labute approximate surface area is 238 Å². The molecule has 2 saturated heterocycles. The molecule has 1 spiro atoms. The predicted molar refractivity (Wildman–Crippen MR) is 149 cm³/mol. The molecule has 3 heterocycles. The molecule has 3 aromatic rings.